The van der Waals surface area contributed by atoms with Gasteiger partial charge in [0.15, 0.2) is 0 Å². The largest absolute Gasteiger partial charge is 0.462 e. The molecule has 0 saturated heterocycles. The minimum absolute atomic E-state index is 0.0848. The minimum Gasteiger partial charge on any atom is -0.462 e. The first-order valence-corrected chi connectivity index (χ1v) is 7.38. The fraction of sp³-hybridized carbons (Fsp3) is 0.909. The van der Waals surface area contributed by atoms with E-state index in [-0.39, 0.29) is 18.1 Å². The molecule has 0 radical (unpaired) electrons. The Morgan fingerprint density at radius 2 is 1.76 bits per heavy atom. The second kappa shape index (κ2) is 8.81. The summed E-state index contributed by atoms with van der Waals surface area (Å²) in [6.07, 6.45) is 0.478. The van der Waals surface area contributed by atoms with Crippen LogP contribution in [0.2, 0.25) is 0 Å². The SMILES string of the molecule is COCP(NC(C)C)NC(C)C(=O)OC(C)C. The quantitative estimate of drug-likeness (QED) is 0.517. The Labute approximate surface area is 105 Å². The molecule has 2 atom stereocenters. The van der Waals surface area contributed by atoms with Crippen LogP contribution in [-0.2, 0) is 14.3 Å². The first-order valence-electron chi connectivity index (χ1n) is 5.86. The second-order valence-electron chi connectivity index (χ2n) is 4.47. The molecule has 6 heteroatoms. The standard InChI is InChI=1S/C11H25N2O3P/c1-8(2)12-17(7-15-6)13-10(5)11(14)16-9(3)4/h8-10,12-13H,7H2,1-6H3. The molecule has 5 nitrogen and oxygen atoms in total. The van der Waals surface area contributed by atoms with Gasteiger partial charge >= 0.3 is 5.97 Å². The summed E-state index contributed by atoms with van der Waals surface area (Å²) in [5.74, 6) is -0.228. The van der Waals surface area contributed by atoms with Gasteiger partial charge in [0.2, 0.25) is 0 Å². The Kier molecular flexibility index (Phi) is 8.70. The number of methoxy groups -OCH3 is 1. The van der Waals surface area contributed by atoms with Crippen LogP contribution >= 0.6 is 8.22 Å². The van der Waals surface area contributed by atoms with Crippen molar-refractivity contribution in [3.05, 3.63) is 0 Å². The van der Waals surface area contributed by atoms with Gasteiger partial charge in [-0.1, -0.05) is 0 Å². The number of esters is 1. The fourth-order valence-corrected chi connectivity index (χ4v) is 2.85. The van der Waals surface area contributed by atoms with Crippen molar-refractivity contribution in [2.75, 3.05) is 13.5 Å². The van der Waals surface area contributed by atoms with E-state index < -0.39 is 8.22 Å². The topological polar surface area (TPSA) is 59.6 Å². The molecular weight excluding hydrogens is 239 g/mol. The first kappa shape index (κ1) is 16.8. The Morgan fingerprint density at radius 1 is 1.18 bits per heavy atom. The lowest BCUT2D eigenvalue weighted by Gasteiger charge is -2.25. The van der Waals surface area contributed by atoms with E-state index >= 15 is 0 Å². The Morgan fingerprint density at radius 3 is 2.18 bits per heavy atom. The summed E-state index contributed by atoms with van der Waals surface area (Å²) in [7, 11) is 0.929. The summed E-state index contributed by atoms with van der Waals surface area (Å²) in [5.41, 5.74) is 0. The molecule has 0 aliphatic carbocycles. The smallest absolute Gasteiger partial charge is 0.323 e. The van der Waals surface area contributed by atoms with Crippen molar-refractivity contribution in [3.63, 3.8) is 0 Å². The van der Waals surface area contributed by atoms with Gasteiger partial charge < -0.3 is 9.47 Å². The lowest BCUT2D eigenvalue weighted by atomic mass is 10.4. The molecule has 102 valence electrons. The lowest BCUT2D eigenvalue weighted by Crippen LogP contribution is -2.38. The summed E-state index contributed by atoms with van der Waals surface area (Å²) in [5, 5.41) is 6.55. The van der Waals surface area contributed by atoms with Crippen LogP contribution in [0.25, 0.3) is 0 Å². The third-order valence-corrected chi connectivity index (χ3v) is 3.77. The monoisotopic (exact) mass is 264 g/mol. The molecule has 0 rings (SSSR count). The average molecular weight is 264 g/mol. The molecule has 2 N–H and O–H groups in total. The minimum atomic E-state index is -0.720. The van der Waals surface area contributed by atoms with Gasteiger partial charge in [-0.15, -0.1) is 0 Å². The molecule has 0 heterocycles. The van der Waals surface area contributed by atoms with Gasteiger partial charge in [0.05, 0.1) is 20.7 Å². The molecule has 0 aromatic rings. The van der Waals surface area contributed by atoms with Crippen LogP contribution in [-0.4, -0.2) is 37.6 Å². The number of carbonyl (C=O) groups excluding carboxylic acids is 1. The molecular formula is C11H25N2O3P. The summed E-state index contributed by atoms with van der Waals surface area (Å²) in [6.45, 7) is 9.61. The molecule has 0 aromatic heterocycles. The van der Waals surface area contributed by atoms with Crippen LogP contribution in [0.4, 0.5) is 0 Å². The highest BCUT2D eigenvalue weighted by Gasteiger charge is 2.20. The van der Waals surface area contributed by atoms with Crippen molar-refractivity contribution < 1.29 is 14.3 Å². The second-order valence-corrected chi connectivity index (χ2v) is 6.10. The predicted molar refractivity (Wildman–Crippen MR) is 70.9 cm³/mol. The van der Waals surface area contributed by atoms with E-state index in [9.17, 15) is 4.79 Å². The van der Waals surface area contributed by atoms with Gasteiger partial charge in [-0.05, 0) is 34.6 Å². The van der Waals surface area contributed by atoms with E-state index in [0.29, 0.717) is 12.4 Å². The molecule has 0 saturated carbocycles. The number of nitrogens with one attached hydrogen (secondary N) is 2. The maximum Gasteiger partial charge on any atom is 0.323 e. The van der Waals surface area contributed by atoms with Crippen molar-refractivity contribution in [3.8, 4) is 0 Å². The number of hydrogen-bond donors (Lipinski definition) is 2. The summed E-state index contributed by atoms with van der Waals surface area (Å²) in [6, 6.07) is 0.0157. The van der Waals surface area contributed by atoms with Crippen LogP contribution in [0.1, 0.15) is 34.6 Å². The van der Waals surface area contributed by atoms with Crippen molar-refractivity contribution in [2.45, 2.75) is 52.8 Å². The van der Waals surface area contributed by atoms with E-state index in [0.717, 1.165) is 0 Å². The Bertz CT molecular complexity index is 225. The average Bonchev–Trinajstić information content (AvgIpc) is 2.15. The predicted octanol–water partition coefficient (Wildman–Crippen LogP) is 1.83. The molecule has 0 aromatic carbocycles. The van der Waals surface area contributed by atoms with Crippen LogP contribution < -0.4 is 10.2 Å². The van der Waals surface area contributed by atoms with Gasteiger partial charge in [-0.2, -0.15) is 0 Å². The molecule has 0 aliphatic heterocycles. The van der Waals surface area contributed by atoms with Crippen LogP contribution in [0.5, 0.6) is 0 Å². The Balaban J connectivity index is 4.18. The van der Waals surface area contributed by atoms with Crippen LogP contribution in [0.15, 0.2) is 0 Å². The highest BCUT2D eigenvalue weighted by Crippen LogP contribution is 2.26. The summed E-state index contributed by atoms with van der Waals surface area (Å²) < 4.78 is 10.3. The normalized spacial score (nSPS) is 15.1. The summed E-state index contributed by atoms with van der Waals surface area (Å²) in [4.78, 5) is 11.6. The van der Waals surface area contributed by atoms with E-state index in [1.54, 1.807) is 14.0 Å². The zero-order valence-electron chi connectivity index (χ0n) is 11.6. The molecule has 0 fully saturated rings. The van der Waals surface area contributed by atoms with Crippen LogP contribution in [0, 0.1) is 0 Å². The maximum absolute atomic E-state index is 11.6. The van der Waals surface area contributed by atoms with Gasteiger partial charge in [-0.3, -0.25) is 15.0 Å². The molecule has 0 bridgehead atoms. The molecule has 0 spiro atoms. The van der Waals surface area contributed by atoms with E-state index in [1.165, 1.54) is 0 Å². The highest BCUT2D eigenvalue weighted by molar-refractivity contribution is 7.53. The highest BCUT2D eigenvalue weighted by atomic mass is 31.1. The Hall–Kier alpha value is -0.220. The number of ether oxygens (including phenoxy) is 2. The molecule has 0 aliphatic rings. The van der Waals surface area contributed by atoms with Gasteiger partial charge in [0.25, 0.3) is 0 Å². The summed E-state index contributed by atoms with van der Waals surface area (Å²) >= 11 is 0. The van der Waals surface area contributed by atoms with E-state index in [2.05, 4.69) is 24.0 Å². The van der Waals surface area contributed by atoms with Gasteiger partial charge in [-0.25, -0.2) is 0 Å². The van der Waals surface area contributed by atoms with E-state index in [1.807, 2.05) is 13.8 Å². The molecule has 0 amide bonds. The molecule has 17 heavy (non-hydrogen) atoms. The zero-order valence-corrected chi connectivity index (χ0v) is 12.5. The third-order valence-electron chi connectivity index (χ3n) is 1.73. The van der Waals surface area contributed by atoms with Gasteiger partial charge in [0, 0.05) is 13.2 Å². The van der Waals surface area contributed by atoms with Crippen molar-refractivity contribution in [1.29, 1.82) is 0 Å². The van der Waals surface area contributed by atoms with Gasteiger partial charge in [0.1, 0.15) is 6.04 Å². The fourth-order valence-electron chi connectivity index (χ4n) is 1.17. The van der Waals surface area contributed by atoms with Crippen molar-refractivity contribution in [1.82, 2.24) is 10.2 Å². The first-order chi connectivity index (χ1) is 7.86. The molecule has 2 unspecified atom stereocenters. The number of hydrogen-bond acceptors (Lipinski definition) is 5. The maximum atomic E-state index is 11.6. The van der Waals surface area contributed by atoms with Crippen LogP contribution in [0.3, 0.4) is 0 Å². The lowest BCUT2D eigenvalue weighted by molar-refractivity contribution is -0.148. The van der Waals surface area contributed by atoms with Crippen molar-refractivity contribution in [2.24, 2.45) is 0 Å². The zero-order chi connectivity index (χ0) is 13.4. The van der Waals surface area contributed by atoms with Crippen molar-refractivity contribution >= 4 is 14.2 Å². The number of carbonyl (C=O) groups is 1. The number of rotatable bonds is 8. The van der Waals surface area contributed by atoms with E-state index in [4.69, 9.17) is 9.47 Å². The third kappa shape index (κ3) is 8.50.